The van der Waals surface area contributed by atoms with Crippen LogP contribution in [0.15, 0.2) is 0 Å². The number of nitrogens with zero attached hydrogens (tertiary/aromatic N) is 1. The van der Waals surface area contributed by atoms with Gasteiger partial charge in [0.25, 0.3) is 0 Å². The Bertz CT molecular complexity index is 176. The Labute approximate surface area is 115 Å². The van der Waals surface area contributed by atoms with Gasteiger partial charge in [0.05, 0.1) is 12.7 Å². The van der Waals surface area contributed by atoms with E-state index in [0.717, 1.165) is 32.5 Å². The molecule has 0 bridgehead atoms. The van der Waals surface area contributed by atoms with Gasteiger partial charge in [-0.15, -0.1) is 0 Å². The molecule has 1 fully saturated rings. The smallest absolute Gasteiger partial charge is 0.0716 e. The number of likely N-dealkylation sites (N-methyl/N-ethyl adjacent to an activating group) is 1. The van der Waals surface area contributed by atoms with Gasteiger partial charge >= 0.3 is 0 Å². The lowest BCUT2D eigenvalue weighted by Gasteiger charge is -2.36. The monoisotopic (exact) mass is 261 g/mol. The van der Waals surface area contributed by atoms with Gasteiger partial charge in [-0.25, -0.2) is 0 Å². The van der Waals surface area contributed by atoms with E-state index in [2.05, 4.69) is 18.7 Å². The van der Waals surface area contributed by atoms with Gasteiger partial charge in [-0.3, -0.25) is 4.90 Å². The summed E-state index contributed by atoms with van der Waals surface area (Å²) in [5.74, 6) is 0. The largest absolute Gasteiger partial charge is 0.383 e. The predicted octanol–water partition coefficient (Wildman–Crippen LogP) is 3.57. The Morgan fingerprint density at radius 2 is 1.67 bits per heavy atom. The molecule has 112 valence electrons. The number of ether oxygens (including phenoxy) is 2. The van der Waals surface area contributed by atoms with Crippen LogP contribution >= 0.6 is 0 Å². The highest BCUT2D eigenvalue weighted by atomic mass is 16.5. The van der Waals surface area contributed by atoms with Crippen molar-refractivity contribution >= 4 is 0 Å². The third-order valence-electron chi connectivity index (χ3n) is 3.49. The van der Waals surface area contributed by atoms with Crippen LogP contribution in [0.2, 0.25) is 0 Å². The fourth-order valence-electron chi connectivity index (χ4n) is 2.57. The van der Waals surface area contributed by atoms with E-state index in [1.807, 2.05) is 27.7 Å². The zero-order valence-electron chi connectivity index (χ0n) is 13.9. The van der Waals surface area contributed by atoms with E-state index in [1.165, 1.54) is 0 Å². The minimum absolute atomic E-state index is 0.212. The molecule has 3 heteroatoms. The molecular weight excluding hydrogens is 226 g/mol. The van der Waals surface area contributed by atoms with Crippen LogP contribution in [0.25, 0.3) is 0 Å². The van der Waals surface area contributed by atoms with Crippen molar-refractivity contribution in [2.24, 2.45) is 0 Å². The maximum Gasteiger partial charge on any atom is 0.0716 e. The van der Waals surface area contributed by atoms with E-state index in [-0.39, 0.29) is 5.54 Å². The van der Waals surface area contributed by atoms with E-state index in [4.69, 9.17) is 9.47 Å². The summed E-state index contributed by atoms with van der Waals surface area (Å²) in [6.45, 7) is 15.4. The normalized spacial score (nSPS) is 27.0. The van der Waals surface area contributed by atoms with E-state index in [9.17, 15) is 0 Å². The lowest BCUT2D eigenvalue weighted by atomic mass is 9.93. The first-order chi connectivity index (χ1) is 8.72. The van der Waals surface area contributed by atoms with Crippen LogP contribution in [0.4, 0.5) is 0 Å². The molecule has 18 heavy (non-hydrogen) atoms. The number of likely N-dealkylation sites (tertiary alicyclic amines) is 1. The quantitative estimate of drug-likeness (QED) is 0.755. The fraction of sp³-hybridized carbons (Fsp3) is 1.00. The molecular formula is C15H35NO2. The maximum atomic E-state index is 5.45. The van der Waals surface area contributed by atoms with Gasteiger partial charge in [-0.05, 0) is 19.4 Å². The Morgan fingerprint density at radius 1 is 1.11 bits per heavy atom. The van der Waals surface area contributed by atoms with Crippen molar-refractivity contribution in [3.05, 3.63) is 0 Å². The lowest BCUT2D eigenvalue weighted by Crippen LogP contribution is -2.46. The summed E-state index contributed by atoms with van der Waals surface area (Å²) in [6.07, 6.45) is 2.61. The number of hydrogen-bond donors (Lipinski definition) is 0. The zero-order valence-corrected chi connectivity index (χ0v) is 13.9. The van der Waals surface area contributed by atoms with Crippen LogP contribution in [0.3, 0.4) is 0 Å². The van der Waals surface area contributed by atoms with Gasteiger partial charge in [-0.2, -0.15) is 0 Å². The highest BCUT2D eigenvalue weighted by Gasteiger charge is 2.43. The molecule has 0 aliphatic carbocycles. The minimum atomic E-state index is 0.212. The molecule has 0 N–H and O–H groups in total. The average Bonchev–Trinajstić information content (AvgIpc) is 2.82. The molecule has 0 radical (unpaired) electrons. The van der Waals surface area contributed by atoms with Crippen molar-refractivity contribution in [2.45, 2.75) is 66.0 Å². The predicted molar refractivity (Wildman–Crippen MR) is 80.3 cm³/mol. The summed E-state index contributed by atoms with van der Waals surface area (Å²) in [5, 5.41) is 0. The first-order valence-electron chi connectivity index (χ1n) is 7.49. The van der Waals surface area contributed by atoms with Crippen LogP contribution in [0.1, 0.15) is 54.4 Å². The third-order valence-corrected chi connectivity index (χ3v) is 3.49. The van der Waals surface area contributed by atoms with Crippen molar-refractivity contribution in [1.82, 2.24) is 4.90 Å². The highest BCUT2D eigenvalue weighted by Crippen LogP contribution is 2.33. The average molecular weight is 261 g/mol. The van der Waals surface area contributed by atoms with Crippen molar-refractivity contribution in [2.75, 3.05) is 33.9 Å². The minimum Gasteiger partial charge on any atom is -0.383 e. The van der Waals surface area contributed by atoms with Crippen molar-refractivity contribution in [3.8, 4) is 0 Å². The van der Waals surface area contributed by atoms with E-state index in [0.29, 0.717) is 6.10 Å². The molecule has 2 atom stereocenters. The van der Waals surface area contributed by atoms with E-state index < -0.39 is 0 Å². The topological polar surface area (TPSA) is 21.7 Å². The van der Waals surface area contributed by atoms with Crippen LogP contribution < -0.4 is 0 Å². The second kappa shape index (κ2) is 11.9. The lowest BCUT2D eigenvalue weighted by molar-refractivity contribution is 0.0373. The Balaban J connectivity index is 0. The molecule has 0 aromatic rings. The molecule has 3 nitrogen and oxygen atoms in total. The molecule has 0 spiro atoms. The molecule has 1 saturated heterocycles. The zero-order chi connectivity index (χ0) is 14.6. The molecule has 0 aromatic carbocycles. The van der Waals surface area contributed by atoms with Crippen molar-refractivity contribution in [1.29, 1.82) is 0 Å². The van der Waals surface area contributed by atoms with E-state index >= 15 is 0 Å². The molecule has 1 aliphatic heterocycles. The van der Waals surface area contributed by atoms with E-state index in [1.54, 1.807) is 14.2 Å². The summed E-state index contributed by atoms with van der Waals surface area (Å²) in [6, 6.07) is 0. The standard InChI is InChI=1S/C11H23NO2.2C2H6/c1-5-11(9-13-3)7-10(14-4)8-12(11)6-2;2*1-2/h10H,5-9H2,1-4H3;2*1-2H3. The summed E-state index contributed by atoms with van der Waals surface area (Å²) < 4.78 is 10.8. The Morgan fingerprint density at radius 3 is 2.00 bits per heavy atom. The number of hydrogen-bond acceptors (Lipinski definition) is 3. The number of methoxy groups -OCH3 is 2. The maximum absolute atomic E-state index is 5.45. The third kappa shape index (κ3) is 5.25. The van der Waals surface area contributed by atoms with Gasteiger partial charge < -0.3 is 9.47 Å². The van der Waals surface area contributed by atoms with Gasteiger partial charge in [-0.1, -0.05) is 41.5 Å². The second-order valence-electron chi connectivity index (χ2n) is 4.11. The summed E-state index contributed by atoms with van der Waals surface area (Å²) >= 11 is 0. The Hall–Kier alpha value is -0.120. The first kappa shape index (κ1) is 20.2. The van der Waals surface area contributed by atoms with Crippen LogP contribution in [0.5, 0.6) is 0 Å². The van der Waals surface area contributed by atoms with Gasteiger partial charge in [0.15, 0.2) is 0 Å². The molecule has 1 rings (SSSR count). The summed E-state index contributed by atoms with van der Waals surface area (Å²) in [5.41, 5.74) is 0.212. The van der Waals surface area contributed by atoms with Crippen LogP contribution in [-0.4, -0.2) is 50.5 Å². The highest BCUT2D eigenvalue weighted by molar-refractivity contribution is 4.98. The van der Waals surface area contributed by atoms with Gasteiger partial charge in [0, 0.05) is 26.3 Å². The molecule has 0 saturated carbocycles. The van der Waals surface area contributed by atoms with Crippen LogP contribution in [0, 0.1) is 0 Å². The molecule has 1 aliphatic rings. The summed E-state index contributed by atoms with van der Waals surface area (Å²) in [7, 11) is 3.59. The Kier molecular flexibility index (Phi) is 13.4. The van der Waals surface area contributed by atoms with Crippen molar-refractivity contribution in [3.63, 3.8) is 0 Å². The first-order valence-corrected chi connectivity index (χ1v) is 7.49. The fourth-order valence-corrected chi connectivity index (χ4v) is 2.57. The van der Waals surface area contributed by atoms with Crippen LogP contribution in [-0.2, 0) is 9.47 Å². The summed E-state index contributed by atoms with van der Waals surface area (Å²) in [4.78, 5) is 2.49. The van der Waals surface area contributed by atoms with Gasteiger partial charge in [0.2, 0.25) is 0 Å². The number of rotatable bonds is 5. The second-order valence-corrected chi connectivity index (χ2v) is 4.11. The molecule has 1 heterocycles. The van der Waals surface area contributed by atoms with Crippen molar-refractivity contribution < 1.29 is 9.47 Å². The van der Waals surface area contributed by atoms with Gasteiger partial charge in [0.1, 0.15) is 0 Å². The molecule has 0 amide bonds. The molecule has 2 unspecified atom stereocenters. The molecule has 0 aromatic heterocycles. The SMILES string of the molecule is CC.CC.CCN1CC(OC)CC1(CC)COC.